The molecule has 7 heteroatoms. The summed E-state index contributed by atoms with van der Waals surface area (Å²) < 4.78 is 18.8. The summed E-state index contributed by atoms with van der Waals surface area (Å²) in [5.74, 6) is -0.247. The third kappa shape index (κ3) is 4.31. The van der Waals surface area contributed by atoms with Crippen molar-refractivity contribution in [1.29, 1.82) is 0 Å². The first-order valence-electron chi connectivity index (χ1n) is 9.36. The zero-order chi connectivity index (χ0) is 18.6. The molecule has 3 heterocycles. The fraction of sp³-hybridized carbons (Fsp3) is 0.450. The summed E-state index contributed by atoms with van der Waals surface area (Å²) in [6.07, 6.45) is 0.922. The molecule has 1 aromatic carbocycles. The summed E-state index contributed by atoms with van der Waals surface area (Å²) in [5.41, 5.74) is 2.27. The largest absolute Gasteiger partial charge is 0.379 e. The van der Waals surface area contributed by atoms with Gasteiger partial charge >= 0.3 is 6.03 Å². The van der Waals surface area contributed by atoms with Crippen molar-refractivity contribution >= 4 is 17.4 Å². The maximum atomic E-state index is 13.3. The van der Waals surface area contributed by atoms with E-state index >= 15 is 0 Å². The minimum Gasteiger partial charge on any atom is -0.379 e. The highest BCUT2D eigenvalue weighted by atomic mass is 32.1. The minimum atomic E-state index is -0.247. The molecular formula is C20H24FN3O2S. The van der Waals surface area contributed by atoms with E-state index in [9.17, 15) is 9.18 Å². The lowest BCUT2D eigenvalue weighted by Crippen LogP contribution is -2.47. The molecule has 2 amide bonds. The van der Waals surface area contributed by atoms with Crippen molar-refractivity contribution in [2.45, 2.75) is 19.0 Å². The van der Waals surface area contributed by atoms with Gasteiger partial charge in [0.2, 0.25) is 0 Å². The number of benzene rings is 1. The number of hydrogen-bond acceptors (Lipinski definition) is 4. The number of ether oxygens (including phenoxy) is 1. The summed E-state index contributed by atoms with van der Waals surface area (Å²) in [7, 11) is 0. The smallest absolute Gasteiger partial charge is 0.317 e. The Hall–Kier alpha value is -1.96. The molecule has 0 bridgehead atoms. The number of hydrogen-bond donors (Lipinski definition) is 1. The van der Waals surface area contributed by atoms with Crippen molar-refractivity contribution in [2.24, 2.45) is 0 Å². The number of rotatable bonds is 4. The van der Waals surface area contributed by atoms with Gasteiger partial charge in [-0.05, 0) is 41.1 Å². The van der Waals surface area contributed by atoms with E-state index in [-0.39, 0.29) is 17.9 Å². The molecule has 0 spiro atoms. The molecule has 1 atom stereocenters. The predicted molar refractivity (Wildman–Crippen MR) is 103 cm³/mol. The van der Waals surface area contributed by atoms with Crippen molar-refractivity contribution in [3.63, 3.8) is 0 Å². The Morgan fingerprint density at radius 1 is 1.19 bits per heavy atom. The van der Waals surface area contributed by atoms with Crippen molar-refractivity contribution in [2.75, 3.05) is 39.4 Å². The maximum Gasteiger partial charge on any atom is 0.317 e. The molecule has 1 fully saturated rings. The molecule has 1 saturated heterocycles. The molecule has 0 aliphatic carbocycles. The van der Waals surface area contributed by atoms with Crippen LogP contribution in [0.2, 0.25) is 0 Å². The van der Waals surface area contributed by atoms with E-state index in [1.54, 1.807) is 23.5 Å². The van der Waals surface area contributed by atoms with Gasteiger partial charge < -0.3 is 15.0 Å². The normalized spacial score (nSPS) is 18.8. The molecule has 5 nitrogen and oxygen atoms in total. The van der Waals surface area contributed by atoms with Crippen molar-refractivity contribution in [3.8, 4) is 0 Å². The molecule has 1 N–H and O–H groups in total. The van der Waals surface area contributed by atoms with Gasteiger partial charge in [-0.2, -0.15) is 0 Å². The van der Waals surface area contributed by atoms with Crippen LogP contribution in [-0.2, 0) is 17.7 Å². The van der Waals surface area contributed by atoms with E-state index in [1.165, 1.54) is 22.6 Å². The minimum absolute atomic E-state index is 0.0138. The Bertz CT molecular complexity index is 774. The first-order valence-corrected chi connectivity index (χ1v) is 10.2. The topological polar surface area (TPSA) is 44.8 Å². The lowest BCUT2D eigenvalue weighted by molar-refractivity contribution is 0.0164. The van der Waals surface area contributed by atoms with Crippen LogP contribution >= 0.6 is 11.3 Å². The lowest BCUT2D eigenvalue weighted by Gasteiger charge is -2.35. The van der Waals surface area contributed by atoms with Gasteiger partial charge in [0.25, 0.3) is 0 Å². The zero-order valence-electron chi connectivity index (χ0n) is 15.2. The van der Waals surface area contributed by atoms with E-state index in [4.69, 9.17) is 4.74 Å². The van der Waals surface area contributed by atoms with Crippen LogP contribution in [0.1, 0.15) is 22.0 Å². The molecule has 0 unspecified atom stereocenters. The van der Waals surface area contributed by atoms with Gasteiger partial charge in [0.05, 0.1) is 19.3 Å². The third-order valence-corrected chi connectivity index (χ3v) is 6.31. The van der Waals surface area contributed by atoms with Crippen LogP contribution in [0.25, 0.3) is 0 Å². The standard InChI is InChI=1S/C20H24FN3O2S/c21-17-3-1-15(2-4-17)18(23-8-10-26-11-9-23)13-22-20(25)24-7-5-19-16(14-24)6-12-27-19/h1-4,6,12,18H,5,7-11,13-14H2,(H,22,25)/t18-/m0/s1. The Labute approximate surface area is 162 Å². The van der Waals surface area contributed by atoms with Gasteiger partial charge in [0.15, 0.2) is 0 Å². The fourth-order valence-electron chi connectivity index (χ4n) is 3.75. The van der Waals surface area contributed by atoms with Crippen LogP contribution in [0.15, 0.2) is 35.7 Å². The van der Waals surface area contributed by atoms with Crippen LogP contribution in [0, 0.1) is 5.82 Å². The monoisotopic (exact) mass is 389 g/mol. The second-order valence-corrected chi connectivity index (χ2v) is 7.94. The number of amides is 2. The molecule has 27 heavy (non-hydrogen) atoms. The number of urea groups is 1. The van der Waals surface area contributed by atoms with Crippen LogP contribution in [0.5, 0.6) is 0 Å². The van der Waals surface area contributed by atoms with Crippen molar-refractivity contribution < 1.29 is 13.9 Å². The number of morpholine rings is 1. The number of fused-ring (bicyclic) bond motifs is 1. The highest BCUT2D eigenvalue weighted by Crippen LogP contribution is 2.25. The summed E-state index contributed by atoms with van der Waals surface area (Å²) in [5, 5.41) is 5.19. The molecule has 2 aliphatic rings. The van der Waals surface area contributed by atoms with Crippen molar-refractivity contribution in [1.82, 2.24) is 15.1 Å². The number of carbonyl (C=O) groups excluding carboxylic acids is 1. The number of nitrogens with one attached hydrogen (secondary N) is 1. The second-order valence-electron chi connectivity index (χ2n) is 6.94. The Morgan fingerprint density at radius 2 is 1.96 bits per heavy atom. The molecule has 2 aromatic rings. The number of nitrogens with zero attached hydrogens (tertiary/aromatic N) is 2. The van der Waals surface area contributed by atoms with Crippen LogP contribution < -0.4 is 5.32 Å². The van der Waals surface area contributed by atoms with Gasteiger partial charge in [-0.25, -0.2) is 9.18 Å². The Balaban J connectivity index is 1.42. The molecular weight excluding hydrogens is 365 g/mol. The number of halogens is 1. The van der Waals surface area contributed by atoms with Gasteiger partial charge in [-0.15, -0.1) is 11.3 Å². The number of thiophene rings is 1. The van der Waals surface area contributed by atoms with E-state index in [1.807, 2.05) is 4.90 Å². The number of carbonyl (C=O) groups is 1. The first-order chi connectivity index (χ1) is 13.2. The first kappa shape index (κ1) is 18.4. The molecule has 0 saturated carbocycles. The highest BCUT2D eigenvalue weighted by Gasteiger charge is 2.26. The van der Waals surface area contributed by atoms with Gasteiger partial charge in [-0.3, -0.25) is 4.90 Å². The molecule has 2 aliphatic heterocycles. The van der Waals surface area contributed by atoms with Gasteiger partial charge in [0, 0.05) is 37.6 Å². The van der Waals surface area contributed by atoms with E-state index in [0.29, 0.717) is 26.3 Å². The van der Waals surface area contributed by atoms with Crippen molar-refractivity contribution in [3.05, 3.63) is 57.5 Å². The highest BCUT2D eigenvalue weighted by molar-refractivity contribution is 7.10. The van der Waals surface area contributed by atoms with Gasteiger partial charge in [-0.1, -0.05) is 12.1 Å². The molecule has 0 radical (unpaired) electrons. The summed E-state index contributed by atoms with van der Waals surface area (Å²) in [6, 6.07) is 8.65. The molecule has 144 valence electrons. The Morgan fingerprint density at radius 3 is 2.74 bits per heavy atom. The van der Waals surface area contributed by atoms with Crippen LogP contribution in [0.3, 0.4) is 0 Å². The van der Waals surface area contributed by atoms with Gasteiger partial charge in [0.1, 0.15) is 5.82 Å². The summed E-state index contributed by atoms with van der Waals surface area (Å²) in [6.45, 7) is 4.89. The maximum absolute atomic E-state index is 13.3. The Kier molecular flexibility index (Phi) is 5.71. The van der Waals surface area contributed by atoms with Crippen LogP contribution in [0.4, 0.5) is 9.18 Å². The van der Waals surface area contributed by atoms with E-state index in [2.05, 4.69) is 21.7 Å². The van der Waals surface area contributed by atoms with Crippen LogP contribution in [-0.4, -0.2) is 55.2 Å². The third-order valence-electron chi connectivity index (χ3n) is 5.28. The zero-order valence-corrected chi connectivity index (χ0v) is 16.0. The van der Waals surface area contributed by atoms with E-state index in [0.717, 1.165) is 31.6 Å². The summed E-state index contributed by atoms with van der Waals surface area (Å²) in [4.78, 5) is 18.3. The fourth-order valence-corrected chi connectivity index (χ4v) is 4.64. The lowest BCUT2D eigenvalue weighted by atomic mass is 10.0. The SMILES string of the molecule is O=C(NC[C@@H](c1ccc(F)cc1)N1CCOCC1)N1CCc2sccc2C1. The summed E-state index contributed by atoms with van der Waals surface area (Å²) >= 11 is 1.77. The quantitative estimate of drug-likeness (QED) is 0.874. The average molecular weight is 389 g/mol. The molecule has 4 rings (SSSR count). The average Bonchev–Trinajstić information content (AvgIpc) is 3.18. The molecule has 1 aromatic heterocycles. The predicted octanol–water partition coefficient (Wildman–Crippen LogP) is 3.03. The second kappa shape index (κ2) is 8.37. The van der Waals surface area contributed by atoms with E-state index < -0.39 is 0 Å².